The zero-order valence-corrected chi connectivity index (χ0v) is 36.9. The molecule has 0 heterocycles. The summed E-state index contributed by atoms with van der Waals surface area (Å²) < 4.78 is 79.8. The van der Waals surface area contributed by atoms with Gasteiger partial charge in [0, 0.05) is 12.8 Å². The summed E-state index contributed by atoms with van der Waals surface area (Å²) in [4.78, 5) is 42.1. The molecule has 354 valence electrons. The first-order valence-corrected chi connectivity index (χ1v) is 22.3. The van der Waals surface area contributed by atoms with E-state index in [1.807, 2.05) is 0 Å². The van der Waals surface area contributed by atoms with Crippen LogP contribution in [0.1, 0.15) is 150 Å². The van der Waals surface area contributed by atoms with Crippen LogP contribution in [0, 0.1) is 46.3 Å². The van der Waals surface area contributed by atoms with E-state index in [-0.39, 0.29) is 23.5 Å². The molecule has 3 saturated carbocycles. The first kappa shape index (κ1) is 54.1. The third-order valence-electron chi connectivity index (χ3n) is 13.9. The minimum Gasteiger partial charge on any atom is -0.542 e. The van der Waals surface area contributed by atoms with E-state index in [2.05, 4.69) is 52.2 Å². The molecule has 0 unspecified atom stereocenters. The lowest BCUT2D eigenvalue weighted by molar-refractivity contribution is -0.410. The van der Waals surface area contributed by atoms with E-state index < -0.39 is 30.4 Å². The van der Waals surface area contributed by atoms with Crippen molar-refractivity contribution in [3.63, 3.8) is 0 Å². The number of fused-ring (bicyclic) bond motifs is 5. The van der Waals surface area contributed by atoms with Gasteiger partial charge in [-0.2, -0.15) is 26.3 Å². The highest BCUT2D eigenvalue weighted by atomic mass is 19.4. The smallest absolute Gasteiger partial charge is 0.508 e. The number of quaternary nitrogens is 2. The second-order valence-electron chi connectivity index (χ2n) is 18.6. The van der Waals surface area contributed by atoms with Crippen molar-refractivity contribution in [2.45, 2.75) is 175 Å². The van der Waals surface area contributed by atoms with Crippen LogP contribution in [0.4, 0.5) is 31.1 Å². The van der Waals surface area contributed by atoms with E-state index in [4.69, 9.17) is 34.0 Å². The molecule has 0 aromatic heterocycles. The Labute approximate surface area is 357 Å². The Morgan fingerprint density at radius 2 is 1.36 bits per heavy atom. The summed E-state index contributed by atoms with van der Waals surface area (Å²) in [7, 11) is 0. The summed E-state index contributed by atoms with van der Waals surface area (Å²) in [5, 5.41) is 17.6. The number of allylic oxidation sites excluding steroid dienone is 1. The number of carboxylic acids is 2. The average molecular weight is 887 g/mol. The number of hydrogen-bond acceptors (Lipinski definition) is 9. The van der Waals surface area contributed by atoms with Crippen LogP contribution >= 0.6 is 0 Å². The Balaban J connectivity index is 0.000000784. The van der Waals surface area contributed by atoms with Crippen LogP contribution in [0.25, 0.3) is 0 Å². The fourth-order valence-electron chi connectivity index (χ4n) is 10.6. The number of carboxylic acid groups (broad SMARTS) is 2. The highest BCUT2D eigenvalue weighted by Gasteiger charge is 2.59. The lowest BCUT2D eigenvalue weighted by atomic mass is 9.47. The molecule has 0 aromatic rings. The van der Waals surface area contributed by atoms with Gasteiger partial charge in [0.05, 0.1) is 19.8 Å². The number of ether oxygens (including phenoxy) is 3. The molecule has 17 heteroatoms. The van der Waals surface area contributed by atoms with Crippen molar-refractivity contribution in [2.75, 3.05) is 19.8 Å². The normalized spacial score (nSPS) is 27.9. The molecule has 4 aliphatic rings. The third-order valence-corrected chi connectivity index (χ3v) is 13.9. The number of aliphatic carboxylic acids is 2. The first-order chi connectivity index (χ1) is 28.4. The van der Waals surface area contributed by atoms with Crippen LogP contribution in [0.2, 0.25) is 0 Å². The van der Waals surface area contributed by atoms with Crippen molar-refractivity contribution in [1.29, 1.82) is 0 Å². The molecule has 11 nitrogen and oxygen atoms in total. The molecule has 0 radical (unpaired) electrons. The lowest BCUT2D eigenvalue weighted by Crippen LogP contribution is -2.65. The average Bonchev–Trinajstić information content (AvgIpc) is 3.53. The quantitative estimate of drug-likeness (QED) is 0.0690. The van der Waals surface area contributed by atoms with Crippen LogP contribution in [0.3, 0.4) is 0 Å². The molecule has 0 amide bonds. The number of unbranched alkanes of at least 4 members (excludes halogenated alkanes) is 4. The summed E-state index contributed by atoms with van der Waals surface area (Å²) in [6.07, 6.45) is 11.7. The van der Waals surface area contributed by atoms with Crippen LogP contribution in [0.5, 0.6) is 0 Å². The molecular formula is C44H72F6N2O9. The first-order valence-electron chi connectivity index (χ1n) is 22.3. The maximum atomic E-state index is 12.6. The Kier molecular flexibility index (Phi) is 21.9. The van der Waals surface area contributed by atoms with Crippen molar-refractivity contribution in [3.05, 3.63) is 11.6 Å². The van der Waals surface area contributed by atoms with Gasteiger partial charge in [0.1, 0.15) is 18.0 Å². The molecule has 6 N–H and O–H groups in total. The van der Waals surface area contributed by atoms with Crippen molar-refractivity contribution >= 4 is 24.1 Å². The molecule has 0 saturated heterocycles. The predicted molar refractivity (Wildman–Crippen MR) is 209 cm³/mol. The van der Waals surface area contributed by atoms with Gasteiger partial charge in [-0.3, -0.25) is 0 Å². The summed E-state index contributed by atoms with van der Waals surface area (Å²) >= 11 is 0. The summed E-state index contributed by atoms with van der Waals surface area (Å²) in [5.41, 5.74) is 10.1. The topological polar surface area (TPSA) is 197 Å². The van der Waals surface area contributed by atoms with Gasteiger partial charge in [0.25, 0.3) is 0 Å². The molecule has 4 aliphatic carbocycles. The molecule has 0 bridgehead atoms. The maximum Gasteiger partial charge on any atom is 0.508 e. The van der Waals surface area contributed by atoms with E-state index in [1.54, 1.807) is 5.57 Å². The molecule has 0 aliphatic heterocycles. The van der Waals surface area contributed by atoms with Crippen LogP contribution < -0.4 is 21.7 Å². The second kappa shape index (κ2) is 24.7. The molecule has 4 rings (SSSR count). The highest BCUT2D eigenvalue weighted by Crippen LogP contribution is 2.67. The van der Waals surface area contributed by atoms with Crippen molar-refractivity contribution in [2.24, 2.45) is 46.3 Å². The van der Waals surface area contributed by atoms with Crippen molar-refractivity contribution in [3.8, 4) is 0 Å². The van der Waals surface area contributed by atoms with Gasteiger partial charge in [-0.05, 0) is 130 Å². The minimum atomic E-state index is -5.19. The van der Waals surface area contributed by atoms with E-state index in [0.29, 0.717) is 18.6 Å². The summed E-state index contributed by atoms with van der Waals surface area (Å²) in [5.74, 6) is -1.20. The van der Waals surface area contributed by atoms with E-state index >= 15 is 0 Å². The van der Waals surface area contributed by atoms with Crippen molar-refractivity contribution in [1.82, 2.24) is 0 Å². The Hall–Kier alpha value is -3.08. The zero-order valence-electron chi connectivity index (χ0n) is 36.9. The monoisotopic (exact) mass is 887 g/mol. The largest absolute Gasteiger partial charge is 0.542 e. The van der Waals surface area contributed by atoms with Gasteiger partial charge in [-0.15, -0.1) is 0 Å². The zero-order chi connectivity index (χ0) is 46.2. The minimum absolute atomic E-state index is 0.0695. The second-order valence-corrected chi connectivity index (χ2v) is 18.6. The SMILES string of the molecule is CC(C)CCC[C@@H](C)[C@H]1CC[C@H]2[C@@H]3CC=C4C[C@@H](OC(=O)OCCCCCCOC(=O)[C@@H]([NH3+])CCCC[NH3+])CC[C@]4(C)[C@H]3CC[C@]12C.O=C([O-])C(F)(F)F.O=C([O-])C(F)(F)F. The van der Waals surface area contributed by atoms with E-state index in [1.165, 1.54) is 51.4 Å². The number of esters is 1. The Morgan fingerprint density at radius 1 is 0.770 bits per heavy atom. The highest BCUT2D eigenvalue weighted by molar-refractivity contribution is 5.73. The van der Waals surface area contributed by atoms with Gasteiger partial charge < -0.3 is 45.5 Å². The van der Waals surface area contributed by atoms with Crippen molar-refractivity contribution < 1.29 is 81.4 Å². The van der Waals surface area contributed by atoms with Gasteiger partial charge in [-0.25, -0.2) is 9.59 Å². The number of rotatable bonds is 18. The fraction of sp³-hybridized carbons (Fsp3) is 0.864. The molecule has 0 aromatic carbocycles. The summed E-state index contributed by atoms with van der Waals surface area (Å²) in [6.45, 7) is 14.2. The van der Waals surface area contributed by atoms with Crippen LogP contribution in [0.15, 0.2) is 11.6 Å². The lowest BCUT2D eigenvalue weighted by Gasteiger charge is -2.58. The number of hydrogen-bond donors (Lipinski definition) is 2. The molecule has 3 fully saturated rings. The number of halogens is 6. The number of carbonyl (C=O) groups excluding carboxylic acids is 4. The maximum absolute atomic E-state index is 12.6. The Bertz CT molecular complexity index is 1400. The molecule has 0 spiro atoms. The van der Waals surface area contributed by atoms with Gasteiger partial charge in [0.2, 0.25) is 0 Å². The standard InChI is InChI=1S/C40H70N2O5.2C2HF3O2/c1-28(2)13-12-14-29(3)33-18-19-34-32-17-16-30-27-31(20-22-39(30,4)35(32)21-23-40(33,34)5)47-38(44)46-26-11-7-6-10-25-45-37(43)36(42)15-8-9-24-41;2*3-2(4,5)1(6)7/h16,28-29,31-36H,6-15,17-27,41-42H2,1-5H3;2*(H,6,7)/t29-,31+,32+,33-,34+,35+,36+,39+,40-;;/m1../s1. The predicted octanol–water partition coefficient (Wildman–Crippen LogP) is 6.27. The number of carbonyl (C=O) groups is 4. The number of alkyl halides is 6. The molecule has 61 heavy (non-hydrogen) atoms. The fourth-order valence-corrected chi connectivity index (χ4v) is 10.6. The third kappa shape index (κ3) is 16.9. The summed E-state index contributed by atoms with van der Waals surface area (Å²) in [6, 6.07) is -0.285. The van der Waals surface area contributed by atoms with Gasteiger partial charge in [0.15, 0.2) is 6.04 Å². The van der Waals surface area contributed by atoms with E-state index in [9.17, 15) is 35.9 Å². The van der Waals surface area contributed by atoms with E-state index in [0.717, 1.165) is 106 Å². The van der Waals surface area contributed by atoms with Gasteiger partial charge in [-0.1, -0.05) is 65.5 Å². The van der Waals surface area contributed by atoms with Crippen LogP contribution in [-0.4, -0.2) is 68.3 Å². The van der Waals surface area contributed by atoms with Gasteiger partial charge >= 0.3 is 24.5 Å². The Morgan fingerprint density at radius 3 is 1.92 bits per heavy atom. The van der Waals surface area contributed by atoms with Crippen LogP contribution in [-0.2, 0) is 28.6 Å². The molecule has 9 atom stereocenters. The molecular weight excluding hydrogens is 814 g/mol.